The van der Waals surface area contributed by atoms with Gasteiger partial charge in [-0.25, -0.2) is 4.99 Å². The number of rotatable bonds is 2. The van der Waals surface area contributed by atoms with Gasteiger partial charge >= 0.3 is 0 Å². The fourth-order valence-corrected chi connectivity index (χ4v) is 1.95. The van der Waals surface area contributed by atoms with Gasteiger partial charge < -0.3 is 10.6 Å². The number of amides is 1. The minimum absolute atomic E-state index is 0.124. The quantitative estimate of drug-likeness (QED) is 0.819. The Kier molecular flexibility index (Phi) is 2.87. The number of anilines is 1. The molecule has 1 aliphatic rings. The smallest absolute Gasteiger partial charge is 0.274 e. The fraction of sp³-hybridized carbons (Fsp3) is 0.273. The Bertz CT molecular complexity index is 432. The van der Waals surface area contributed by atoms with Gasteiger partial charge in [0.15, 0.2) is 5.17 Å². The van der Waals surface area contributed by atoms with Crippen molar-refractivity contribution < 1.29 is 4.79 Å². The SMILES string of the molecule is CSC1=N[C@](C)(Nc2ccccc2)C(=O)N1. The number of benzene rings is 1. The summed E-state index contributed by atoms with van der Waals surface area (Å²) in [7, 11) is 0. The first-order valence-electron chi connectivity index (χ1n) is 4.92. The summed E-state index contributed by atoms with van der Waals surface area (Å²) in [4.78, 5) is 16.1. The molecule has 1 atom stereocenters. The standard InChI is InChI=1S/C11H13N3OS/c1-11(9(15)12-10(14-11)16-2)13-8-6-4-3-5-7-8/h3-7,13H,1-2H3,(H,12,14,15)/t11-/m0/s1. The topological polar surface area (TPSA) is 53.5 Å². The molecule has 0 unspecified atom stereocenters. The van der Waals surface area contributed by atoms with Gasteiger partial charge in [-0.1, -0.05) is 30.0 Å². The number of carbonyl (C=O) groups is 1. The molecule has 1 amide bonds. The summed E-state index contributed by atoms with van der Waals surface area (Å²) in [5.74, 6) is -0.124. The number of nitrogens with one attached hydrogen (secondary N) is 2. The average molecular weight is 235 g/mol. The van der Waals surface area contributed by atoms with E-state index in [9.17, 15) is 4.79 Å². The monoisotopic (exact) mass is 235 g/mol. The predicted octanol–water partition coefficient (Wildman–Crippen LogP) is 1.66. The molecular weight excluding hydrogens is 222 g/mol. The number of hydrogen-bond acceptors (Lipinski definition) is 4. The summed E-state index contributed by atoms with van der Waals surface area (Å²) in [6, 6.07) is 9.57. The summed E-state index contributed by atoms with van der Waals surface area (Å²) < 4.78 is 0. The van der Waals surface area contributed by atoms with Crippen molar-refractivity contribution in [3.05, 3.63) is 30.3 Å². The van der Waals surface area contributed by atoms with Crippen molar-refractivity contribution in [1.82, 2.24) is 5.32 Å². The normalized spacial score (nSPS) is 23.9. The van der Waals surface area contributed by atoms with E-state index in [0.717, 1.165) is 5.69 Å². The Balaban J connectivity index is 2.21. The van der Waals surface area contributed by atoms with Gasteiger partial charge in [-0.15, -0.1) is 0 Å². The average Bonchev–Trinajstić information content (AvgIpc) is 2.56. The lowest BCUT2D eigenvalue weighted by Crippen LogP contribution is -2.43. The molecule has 0 radical (unpaired) electrons. The van der Waals surface area contributed by atoms with E-state index in [1.807, 2.05) is 36.6 Å². The van der Waals surface area contributed by atoms with E-state index in [2.05, 4.69) is 15.6 Å². The highest BCUT2D eigenvalue weighted by atomic mass is 32.2. The maximum Gasteiger partial charge on any atom is 0.274 e. The fourth-order valence-electron chi connectivity index (χ4n) is 1.48. The van der Waals surface area contributed by atoms with E-state index < -0.39 is 5.66 Å². The molecule has 1 aliphatic heterocycles. The summed E-state index contributed by atoms with van der Waals surface area (Å²) in [6.45, 7) is 1.76. The van der Waals surface area contributed by atoms with Crippen molar-refractivity contribution in [3.63, 3.8) is 0 Å². The second kappa shape index (κ2) is 4.17. The maximum atomic E-state index is 11.8. The van der Waals surface area contributed by atoms with Crippen LogP contribution in [0.15, 0.2) is 35.3 Å². The van der Waals surface area contributed by atoms with E-state index in [1.165, 1.54) is 11.8 Å². The molecule has 0 saturated carbocycles. The van der Waals surface area contributed by atoms with Gasteiger partial charge in [0.1, 0.15) is 0 Å². The van der Waals surface area contributed by atoms with Crippen LogP contribution in [0.3, 0.4) is 0 Å². The number of carbonyl (C=O) groups excluding carboxylic acids is 1. The lowest BCUT2D eigenvalue weighted by molar-refractivity contribution is -0.122. The zero-order chi connectivity index (χ0) is 11.6. The number of hydrogen-bond donors (Lipinski definition) is 2. The predicted molar refractivity (Wildman–Crippen MR) is 67.6 cm³/mol. The molecule has 2 N–H and O–H groups in total. The summed E-state index contributed by atoms with van der Waals surface area (Å²) in [5.41, 5.74) is -0.0223. The summed E-state index contributed by atoms with van der Waals surface area (Å²) >= 11 is 1.43. The van der Waals surface area contributed by atoms with Gasteiger partial charge in [-0.2, -0.15) is 0 Å². The molecule has 2 rings (SSSR count). The molecule has 5 heteroatoms. The lowest BCUT2D eigenvalue weighted by Gasteiger charge is -2.20. The largest absolute Gasteiger partial charge is 0.354 e. The van der Waals surface area contributed by atoms with Gasteiger partial charge in [0.25, 0.3) is 5.91 Å². The Morgan fingerprint density at radius 3 is 2.62 bits per heavy atom. The van der Waals surface area contributed by atoms with E-state index >= 15 is 0 Å². The molecule has 16 heavy (non-hydrogen) atoms. The van der Waals surface area contributed by atoms with E-state index in [-0.39, 0.29) is 5.91 Å². The molecular formula is C11H13N3OS. The Labute approximate surface area is 98.5 Å². The highest BCUT2D eigenvalue weighted by Crippen LogP contribution is 2.22. The molecule has 1 heterocycles. The highest BCUT2D eigenvalue weighted by Gasteiger charge is 2.38. The van der Waals surface area contributed by atoms with Crippen molar-refractivity contribution in [2.24, 2.45) is 4.99 Å². The third-order valence-corrected chi connectivity index (χ3v) is 2.92. The van der Waals surface area contributed by atoms with Crippen LogP contribution in [0.4, 0.5) is 5.69 Å². The van der Waals surface area contributed by atoms with Crippen LogP contribution in [0.5, 0.6) is 0 Å². The molecule has 0 saturated heterocycles. The molecule has 0 aliphatic carbocycles. The molecule has 84 valence electrons. The molecule has 4 nitrogen and oxygen atoms in total. The van der Waals surface area contributed by atoms with Crippen LogP contribution in [0.25, 0.3) is 0 Å². The number of para-hydroxylation sites is 1. The number of aliphatic imine (C=N–C) groups is 1. The maximum absolute atomic E-state index is 11.8. The van der Waals surface area contributed by atoms with Crippen molar-refractivity contribution in [1.29, 1.82) is 0 Å². The Morgan fingerprint density at radius 2 is 2.06 bits per heavy atom. The van der Waals surface area contributed by atoms with Crippen LogP contribution >= 0.6 is 11.8 Å². The summed E-state index contributed by atoms with van der Waals surface area (Å²) in [6.07, 6.45) is 1.88. The second-order valence-electron chi connectivity index (χ2n) is 3.64. The minimum Gasteiger partial charge on any atom is -0.354 e. The van der Waals surface area contributed by atoms with Crippen LogP contribution in [-0.4, -0.2) is 23.0 Å². The van der Waals surface area contributed by atoms with Crippen molar-refractivity contribution in [2.75, 3.05) is 11.6 Å². The lowest BCUT2D eigenvalue weighted by atomic mass is 10.2. The molecule has 0 fully saturated rings. The second-order valence-corrected chi connectivity index (χ2v) is 4.43. The molecule has 1 aromatic rings. The molecule has 0 bridgehead atoms. The first-order chi connectivity index (χ1) is 7.64. The van der Waals surface area contributed by atoms with Crippen molar-refractivity contribution in [3.8, 4) is 0 Å². The van der Waals surface area contributed by atoms with Gasteiger partial charge in [0, 0.05) is 5.69 Å². The van der Waals surface area contributed by atoms with Crippen LogP contribution < -0.4 is 10.6 Å². The van der Waals surface area contributed by atoms with Gasteiger partial charge in [0.2, 0.25) is 5.66 Å². The zero-order valence-electron chi connectivity index (χ0n) is 9.15. The minimum atomic E-state index is -0.903. The number of amidine groups is 1. The van der Waals surface area contributed by atoms with E-state index in [1.54, 1.807) is 6.92 Å². The Hall–Kier alpha value is -1.49. The van der Waals surface area contributed by atoms with Crippen LogP contribution in [0, 0.1) is 0 Å². The van der Waals surface area contributed by atoms with Gasteiger partial charge in [-0.05, 0) is 25.3 Å². The molecule has 0 spiro atoms. The Morgan fingerprint density at radius 1 is 1.38 bits per heavy atom. The van der Waals surface area contributed by atoms with Crippen molar-refractivity contribution in [2.45, 2.75) is 12.6 Å². The third kappa shape index (κ3) is 2.04. The highest BCUT2D eigenvalue weighted by molar-refractivity contribution is 8.13. The van der Waals surface area contributed by atoms with E-state index in [4.69, 9.17) is 0 Å². The van der Waals surface area contributed by atoms with Gasteiger partial charge in [0.05, 0.1) is 0 Å². The van der Waals surface area contributed by atoms with Crippen molar-refractivity contribution >= 4 is 28.5 Å². The summed E-state index contributed by atoms with van der Waals surface area (Å²) in [5, 5.41) is 6.49. The van der Waals surface area contributed by atoms with Crippen LogP contribution in [-0.2, 0) is 4.79 Å². The van der Waals surface area contributed by atoms with E-state index in [0.29, 0.717) is 5.17 Å². The third-order valence-electron chi connectivity index (χ3n) is 2.34. The molecule has 1 aromatic carbocycles. The number of nitrogens with zero attached hydrogens (tertiary/aromatic N) is 1. The first-order valence-corrected chi connectivity index (χ1v) is 6.15. The van der Waals surface area contributed by atoms with Crippen LogP contribution in [0.1, 0.15) is 6.92 Å². The van der Waals surface area contributed by atoms with Gasteiger partial charge in [-0.3, -0.25) is 4.79 Å². The first kappa shape index (κ1) is 11.0. The van der Waals surface area contributed by atoms with Crippen LogP contribution in [0.2, 0.25) is 0 Å². The zero-order valence-corrected chi connectivity index (χ0v) is 9.97. The number of thioether (sulfide) groups is 1. The molecule has 0 aromatic heterocycles.